The van der Waals surface area contributed by atoms with Gasteiger partial charge in [-0.3, -0.25) is 0 Å². The van der Waals surface area contributed by atoms with E-state index in [4.69, 9.17) is 11.5 Å². The van der Waals surface area contributed by atoms with Crippen molar-refractivity contribution < 1.29 is 0 Å². The van der Waals surface area contributed by atoms with E-state index in [2.05, 4.69) is 6.92 Å². The SMILES string of the molecule is CCCCCCCCCCCCCC[C@@H](N)CN. The van der Waals surface area contributed by atoms with Crippen LogP contribution in [0.1, 0.15) is 90.4 Å². The summed E-state index contributed by atoms with van der Waals surface area (Å²) in [6.07, 6.45) is 17.9. The molecule has 0 aliphatic carbocycles. The molecule has 18 heavy (non-hydrogen) atoms. The van der Waals surface area contributed by atoms with Gasteiger partial charge in [0.2, 0.25) is 0 Å². The number of nitrogens with two attached hydrogens (primary N) is 2. The van der Waals surface area contributed by atoms with E-state index in [9.17, 15) is 0 Å². The van der Waals surface area contributed by atoms with E-state index in [0.29, 0.717) is 6.54 Å². The number of hydrogen-bond donors (Lipinski definition) is 2. The summed E-state index contributed by atoms with van der Waals surface area (Å²) in [5.41, 5.74) is 11.3. The van der Waals surface area contributed by atoms with Crippen LogP contribution in [0.15, 0.2) is 0 Å². The van der Waals surface area contributed by atoms with Crippen molar-refractivity contribution in [2.75, 3.05) is 6.54 Å². The minimum absolute atomic E-state index is 0.230. The van der Waals surface area contributed by atoms with E-state index in [1.54, 1.807) is 0 Å². The van der Waals surface area contributed by atoms with Gasteiger partial charge in [0.05, 0.1) is 0 Å². The lowest BCUT2D eigenvalue weighted by Crippen LogP contribution is -2.29. The second-order valence-electron chi connectivity index (χ2n) is 5.67. The summed E-state index contributed by atoms with van der Waals surface area (Å²) >= 11 is 0. The van der Waals surface area contributed by atoms with Gasteiger partial charge in [0.25, 0.3) is 0 Å². The molecule has 0 aromatic heterocycles. The van der Waals surface area contributed by atoms with E-state index < -0.39 is 0 Å². The maximum Gasteiger partial charge on any atom is 0.0163 e. The zero-order valence-electron chi connectivity index (χ0n) is 12.6. The van der Waals surface area contributed by atoms with Crippen LogP contribution < -0.4 is 11.5 Å². The molecule has 0 aromatic carbocycles. The maximum absolute atomic E-state index is 5.78. The van der Waals surface area contributed by atoms with Crippen LogP contribution in [0.5, 0.6) is 0 Å². The summed E-state index contributed by atoms with van der Waals surface area (Å²) in [6.45, 7) is 2.92. The molecule has 0 fully saturated rings. The first-order valence-electron chi connectivity index (χ1n) is 8.27. The topological polar surface area (TPSA) is 52.0 Å². The van der Waals surface area contributed by atoms with Gasteiger partial charge in [0, 0.05) is 12.6 Å². The van der Waals surface area contributed by atoms with Crippen LogP contribution in [-0.4, -0.2) is 12.6 Å². The molecular formula is C16H36N2. The predicted molar refractivity (Wildman–Crippen MR) is 82.7 cm³/mol. The van der Waals surface area contributed by atoms with Crippen LogP contribution >= 0.6 is 0 Å². The van der Waals surface area contributed by atoms with Crippen molar-refractivity contribution in [1.29, 1.82) is 0 Å². The van der Waals surface area contributed by atoms with Crippen molar-refractivity contribution in [3.63, 3.8) is 0 Å². The highest BCUT2D eigenvalue weighted by Gasteiger charge is 1.98. The summed E-state index contributed by atoms with van der Waals surface area (Å²) < 4.78 is 0. The zero-order chi connectivity index (χ0) is 13.5. The van der Waals surface area contributed by atoms with Gasteiger partial charge >= 0.3 is 0 Å². The Balaban J connectivity index is 2.94. The fourth-order valence-corrected chi connectivity index (χ4v) is 2.37. The Morgan fingerprint density at radius 3 is 1.44 bits per heavy atom. The summed E-state index contributed by atoms with van der Waals surface area (Å²) in [7, 11) is 0. The lowest BCUT2D eigenvalue weighted by molar-refractivity contribution is 0.520. The smallest absolute Gasteiger partial charge is 0.0163 e. The van der Waals surface area contributed by atoms with Gasteiger partial charge < -0.3 is 11.5 Å². The van der Waals surface area contributed by atoms with Crippen molar-refractivity contribution >= 4 is 0 Å². The fourth-order valence-electron chi connectivity index (χ4n) is 2.37. The second-order valence-corrected chi connectivity index (χ2v) is 5.67. The Kier molecular flexibility index (Phi) is 14.9. The Hall–Kier alpha value is -0.0800. The van der Waals surface area contributed by atoms with Gasteiger partial charge in [0.1, 0.15) is 0 Å². The van der Waals surface area contributed by atoms with Crippen LogP contribution in [0.4, 0.5) is 0 Å². The van der Waals surface area contributed by atoms with Crippen LogP contribution in [0.25, 0.3) is 0 Å². The molecule has 2 heteroatoms. The standard InChI is InChI=1S/C16H36N2/c1-2-3-4-5-6-7-8-9-10-11-12-13-14-16(18)15-17/h16H,2-15,17-18H2,1H3/t16-/m1/s1. The highest BCUT2D eigenvalue weighted by Crippen LogP contribution is 2.12. The molecule has 1 atom stereocenters. The van der Waals surface area contributed by atoms with Gasteiger partial charge in [-0.1, -0.05) is 84.0 Å². The molecule has 0 aromatic rings. The molecule has 0 rings (SSSR count). The minimum Gasteiger partial charge on any atom is -0.329 e. The first-order valence-corrected chi connectivity index (χ1v) is 8.27. The van der Waals surface area contributed by atoms with Crippen molar-refractivity contribution in [3.05, 3.63) is 0 Å². The van der Waals surface area contributed by atoms with E-state index in [-0.39, 0.29) is 6.04 Å². The molecule has 0 amide bonds. The molecule has 110 valence electrons. The highest BCUT2D eigenvalue weighted by molar-refractivity contribution is 4.61. The molecule has 0 saturated heterocycles. The molecule has 0 bridgehead atoms. The third kappa shape index (κ3) is 14.0. The lowest BCUT2D eigenvalue weighted by atomic mass is 10.0. The Bertz CT molecular complexity index is 148. The van der Waals surface area contributed by atoms with Crippen molar-refractivity contribution in [1.82, 2.24) is 0 Å². The molecule has 0 unspecified atom stereocenters. The number of rotatable bonds is 14. The van der Waals surface area contributed by atoms with Gasteiger partial charge in [0.15, 0.2) is 0 Å². The predicted octanol–water partition coefficient (Wildman–Crippen LogP) is 4.36. The molecule has 0 heterocycles. The monoisotopic (exact) mass is 256 g/mol. The summed E-state index contributed by atoms with van der Waals surface area (Å²) in [5.74, 6) is 0. The summed E-state index contributed by atoms with van der Waals surface area (Å²) in [5, 5.41) is 0. The van der Waals surface area contributed by atoms with Crippen molar-refractivity contribution in [2.45, 2.75) is 96.4 Å². The molecule has 4 N–H and O–H groups in total. The molecule has 0 aliphatic heterocycles. The van der Waals surface area contributed by atoms with Gasteiger partial charge in [-0.15, -0.1) is 0 Å². The zero-order valence-corrected chi connectivity index (χ0v) is 12.6. The lowest BCUT2D eigenvalue weighted by Gasteiger charge is -2.07. The van der Waals surface area contributed by atoms with E-state index in [0.717, 1.165) is 6.42 Å². The third-order valence-corrected chi connectivity index (χ3v) is 3.73. The molecule has 0 spiro atoms. The Labute approximate surface area is 115 Å². The molecular weight excluding hydrogens is 220 g/mol. The van der Waals surface area contributed by atoms with Crippen LogP contribution in [-0.2, 0) is 0 Å². The average molecular weight is 256 g/mol. The van der Waals surface area contributed by atoms with Crippen LogP contribution in [0, 0.1) is 0 Å². The van der Waals surface area contributed by atoms with Crippen LogP contribution in [0.3, 0.4) is 0 Å². The normalized spacial score (nSPS) is 12.8. The average Bonchev–Trinajstić information content (AvgIpc) is 2.39. The summed E-state index contributed by atoms with van der Waals surface area (Å²) in [6, 6.07) is 0.230. The first kappa shape index (κ1) is 17.9. The van der Waals surface area contributed by atoms with Crippen molar-refractivity contribution in [3.8, 4) is 0 Å². The van der Waals surface area contributed by atoms with E-state index in [1.165, 1.54) is 77.0 Å². The number of unbranched alkanes of at least 4 members (excludes halogenated alkanes) is 11. The highest BCUT2D eigenvalue weighted by atomic mass is 14.7. The molecule has 2 nitrogen and oxygen atoms in total. The molecule has 0 saturated carbocycles. The Morgan fingerprint density at radius 1 is 0.667 bits per heavy atom. The largest absolute Gasteiger partial charge is 0.329 e. The summed E-state index contributed by atoms with van der Waals surface area (Å²) in [4.78, 5) is 0. The first-order chi connectivity index (χ1) is 8.81. The van der Waals surface area contributed by atoms with Crippen LogP contribution in [0.2, 0.25) is 0 Å². The minimum atomic E-state index is 0.230. The second kappa shape index (κ2) is 15.0. The van der Waals surface area contributed by atoms with Gasteiger partial charge in [-0.25, -0.2) is 0 Å². The molecule has 0 radical (unpaired) electrons. The number of hydrogen-bond acceptors (Lipinski definition) is 2. The van der Waals surface area contributed by atoms with Gasteiger partial charge in [-0.2, -0.15) is 0 Å². The molecule has 0 aliphatic rings. The van der Waals surface area contributed by atoms with Crippen molar-refractivity contribution in [2.24, 2.45) is 11.5 Å². The fraction of sp³-hybridized carbons (Fsp3) is 1.00. The maximum atomic E-state index is 5.78. The van der Waals surface area contributed by atoms with Gasteiger partial charge in [-0.05, 0) is 6.42 Å². The van der Waals surface area contributed by atoms with E-state index >= 15 is 0 Å². The quantitative estimate of drug-likeness (QED) is 0.454. The third-order valence-electron chi connectivity index (χ3n) is 3.73. The Morgan fingerprint density at radius 2 is 1.06 bits per heavy atom. The van der Waals surface area contributed by atoms with E-state index in [1.807, 2.05) is 0 Å².